The van der Waals surface area contributed by atoms with Crippen molar-refractivity contribution in [2.24, 2.45) is 0 Å². The molecule has 0 aliphatic rings. The van der Waals surface area contributed by atoms with E-state index in [0.29, 0.717) is 0 Å². The van der Waals surface area contributed by atoms with Crippen molar-refractivity contribution in [3.05, 3.63) is 63.4 Å². The Kier molecular flexibility index (Phi) is 4.17. The normalized spacial score (nSPS) is 10.7. The highest BCUT2D eigenvalue weighted by Gasteiger charge is 2.10. The third kappa shape index (κ3) is 3.10. The second kappa shape index (κ2) is 6.06. The molecule has 1 aromatic heterocycles. The van der Waals surface area contributed by atoms with E-state index in [9.17, 15) is 0 Å². The van der Waals surface area contributed by atoms with Gasteiger partial charge in [-0.3, -0.25) is 5.32 Å². The quantitative estimate of drug-likeness (QED) is 0.666. The zero-order valence-electron chi connectivity index (χ0n) is 10.4. The first-order valence-corrected chi connectivity index (χ1v) is 8.08. The van der Waals surface area contributed by atoms with Gasteiger partial charge in [0.1, 0.15) is 5.02 Å². The summed E-state index contributed by atoms with van der Waals surface area (Å²) in [5.41, 5.74) is 3.08. The summed E-state index contributed by atoms with van der Waals surface area (Å²) in [7, 11) is 0. The Morgan fingerprint density at radius 2 is 1.95 bits per heavy atom. The molecule has 3 rings (SSSR count). The smallest absolute Gasteiger partial charge is 0.254 e. The molecule has 0 unspecified atom stereocenters. The van der Waals surface area contributed by atoms with Crippen molar-refractivity contribution in [1.29, 1.82) is 0 Å². The fraction of sp³-hybridized carbons (Fsp3) is 0. The minimum absolute atomic E-state index is 0.742. The highest BCUT2D eigenvalue weighted by molar-refractivity contribution is 9.10. The van der Waals surface area contributed by atoms with E-state index in [1.165, 1.54) is 0 Å². The van der Waals surface area contributed by atoms with Crippen LogP contribution in [0.25, 0.3) is 11.3 Å². The summed E-state index contributed by atoms with van der Waals surface area (Å²) in [5.74, 6) is 0. The molecule has 2 nitrogen and oxygen atoms in total. The molecule has 0 saturated carbocycles. The molecule has 1 heterocycles. The number of para-hydroxylation sites is 1. The lowest BCUT2D eigenvalue weighted by atomic mass is 10.2. The number of aromatic nitrogens is 1. The van der Waals surface area contributed by atoms with Gasteiger partial charge in [-0.2, -0.15) is 4.98 Å². The molecule has 0 radical (unpaired) electrons. The van der Waals surface area contributed by atoms with Crippen molar-refractivity contribution in [2.45, 2.75) is 0 Å². The molecule has 0 spiro atoms. The van der Waals surface area contributed by atoms with E-state index < -0.39 is 0 Å². The molecule has 0 bridgehead atoms. The summed E-state index contributed by atoms with van der Waals surface area (Å²) >= 11 is 11.3. The van der Waals surface area contributed by atoms with Gasteiger partial charge in [0.05, 0.1) is 5.69 Å². The molecule has 0 fully saturated rings. The Bertz CT molecular complexity index is 742. The Morgan fingerprint density at radius 1 is 1.10 bits per heavy atom. The lowest BCUT2D eigenvalue weighted by Crippen LogP contribution is -2.71. The Morgan fingerprint density at radius 3 is 2.75 bits per heavy atom. The van der Waals surface area contributed by atoms with Crippen molar-refractivity contribution in [3.8, 4) is 11.3 Å². The minimum Gasteiger partial charge on any atom is -0.254 e. The van der Waals surface area contributed by atoms with E-state index >= 15 is 0 Å². The summed E-state index contributed by atoms with van der Waals surface area (Å²) in [5, 5.41) is 5.76. The van der Waals surface area contributed by atoms with Gasteiger partial charge >= 0.3 is 0 Å². The molecule has 0 atom stereocenters. The van der Waals surface area contributed by atoms with E-state index in [0.717, 1.165) is 31.6 Å². The largest absolute Gasteiger partial charge is 0.288 e. The molecule has 0 amide bonds. The predicted molar refractivity (Wildman–Crippen MR) is 87.9 cm³/mol. The van der Waals surface area contributed by atoms with Crippen molar-refractivity contribution in [2.75, 3.05) is 0 Å². The van der Waals surface area contributed by atoms with Gasteiger partial charge < -0.3 is 0 Å². The molecule has 0 aliphatic heterocycles. The maximum atomic E-state index is 6.16. The van der Waals surface area contributed by atoms with Gasteiger partial charge in [-0.25, -0.2) is 0 Å². The van der Waals surface area contributed by atoms with E-state index in [1.807, 2.05) is 41.7 Å². The number of nitrogens with two attached hydrogens (primary N) is 1. The highest BCUT2D eigenvalue weighted by Crippen LogP contribution is 2.26. The Hall–Kier alpha value is -1.20. The fourth-order valence-electron chi connectivity index (χ4n) is 1.86. The van der Waals surface area contributed by atoms with Crippen LogP contribution in [0, 0.1) is 0 Å². The summed E-state index contributed by atoms with van der Waals surface area (Å²) < 4.78 is 1.06. The van der Waals surface area contributed by atoms with E-state index in [1.54, 1.807) is 11.3 Å². The van der Waals surface area contributed by atoms with Gasteiger partial charge in [0.2, 0.25) is 0 Å². The zero-order valence-corrected chi connectivity index (χ0v) is 13.5. The first kappa shape index (κ1) is 13.8. The molecule has 0 aliphatic carbocycles. The third-order valence-electron chi connectivity index (χ3n) is 2.83. The average Bonchev–Trinajstić information content (AvgIpc) is 2.90. The average molecular weight is 367 g/mol. The van der Waals surface area contributed by atoms with Crippen molar-refractivity contribution >= 4 is 49.7 Å². The second-order valence-corrected chi connectivity index (χ2v) is 6.46. The summed E-state index contributed by atoms with van der Waals surface area (Å²) in [6.07, 6.45) is 0. The van der Waals surface area contributed by atoms with Crippen LogP contribution in [-0.2, 0) is 0 Å². The van der Waals surface area contributed by atoms with Crippen LogP contribution in [0.5, 0.6) is 0 Å². The summed E-state index contributed by atoms with van der Waals surface area (Å²) in [6.45, 7) is 0. The first-order chi connectivity index (χ1) is 9.72. The number of nitrogens with zero attached hydrogens (tertiary/aromatic N) is 1. The maximum absolute atomic E-state index is 6.16. The number of hydrogen-bond acceptors (Lipinski definition) is 2. The topological polar surface area (TPSA) is 29.5 Å². The highest BCUT2D eigenvalue weighted by atomic mass is 79.9. The van der Waals surface area contributed by atoms with Crippen molar-refractivity contribution in [3.63, 3.8) is 0 Å². The predicted octanol–water partition coefficient (Wildman–Crippen LogP) is 4.75. The molecule has 5 heteroatoms. The Balaban J connectivity index is 1.86. The van der Waals surface area contributed by atoms with Crippen molar-refractivity contribution < 1.29 is 5.32 Å². The van der Waals surface area contributed by atoms with Crippen LogP contribution in [0.2, 0.25) is 5.02 Å². The van der Waals surface area contributed by atoms with Gasteiger partial charge in [0, 0.05) is 21.5 Å². The van der Waals surface area contributed by atoms with Crippen LogP contribution in [0.1, 0.15) is 0 Å². The monoisotopic (exact) mass is 365 g/mol. The van der Waals surface area contributed by atoms with E-state index in [-0.39, 0.29) is 0 Å². The van der Waals surface area contributed by atoms with Crippen LogP contribution in [-0.4, -0.2) is 4.98 Å². The number of halogens is 2. The number of quaternary nitrogens is 1. The SMILES string of the molecule is Clc1ccccc1[NH2+]c1nc(-c2cccc(Br)c2)cs1. The fourth-order valence-corrected chi connectivity index (χ4v) is 3.22. The standard InChI is InChI=1S/C15H10BrClN2S/c16-11-5-3-4-10(8-11)14-9-20-15(19-14)18-13-7-2-1-6-12(13)17/h1-9H,(H,18,19)/p+1. The third-order valence-corrected chi connectivity index (χ3v) is 4.46. The number of rotatable bonds is 3. The van der Waals surface area contributed by atoms with E-state index in [2.05, 4.69) is 38.4 Å². The maximum Gasteiger partial charge on any atom is 0.288 e. The lowest BCUT2D eigenvalue weighted by molar-refractivity contribution is -0.478. The van der Waals surface area contributed by atoms with Crippen LogP contribution >= 0.6 is 38.9 Å². The summed E-state index contributed by atoms with van der Waals surface area (Å²) in [4.78, 5) is 4.64. The lowest BCUT2D eigenvalue weighted by Gasteiger charge is -1.98. The molecule has 2 aromatic carbocycles. The molecule has 0 saturated heterocycles. The molecular weight excluding hydrogens is 356 g/mol. The van der Waals surface area contributed by atoms with Gasteiger partial charge in [0.15, 0.2) is 5.69 Å². The van der Waals surface area contributed by atoms with Crippen LogP contribution in [0.4, 0.5) is 10.8 Å². The second-order valence-electron chi connectivity index (χ2n) is 4.25. The molecular formula is C15H11BrClN2S+. The van der Waals surface area contributed by atoms with Gasteiger partial charge in [-0.05, 0) is 18.2 Å². The van der Waals surface area contributed by atoms with Crippen LogP contribution < -0.4 is 5.32 Å². The number of benzene rings is 2. The van der Waals surface area contributed by atoms with Gasteiger partial charge in [-0.1, -0.05) is 63.1 Å². The first-order valence-electron chi connectivity index (χ1n) is 6.03. The molecule has 20 heavy (non-hydrogen) atoms. The number of hydrogen-bond donors (Lipinski definition) is 1. The molecule has 3 aromatic rings. The Labute approximate surface area is 134 Å². The number of thiazole rings is 1. The van der Waals surface area contributed by atoms with Crippen LogP contribution in [0.15, 0.2) is 58.4 Å². The van der Waals surface area contributed by atoms with E-state index in [4.69, 9.17) is 11.6 Å². The minimum atomic E-state index is 0.742. The molecule has 2 N–H and O–H groups in total. The van der Waals surface area contributed by atoms with Crippen LogP contribution in [0.3, 0.4) is 0 Å². The van der Waals surface area contributed by atoms with Gasteiger partial charge in [0.25, 0.3) is 5.13 Å². The zero-order chi connectivity index (χ0) is 13.9. The molecule has 100 valence electrons. The van der Waals surface area contributed by atoms with Crippen molar-refractivity contribution in [1.82, 2.24) is 4.98 Å². The van der Waals surface area contributed by atoms with Gasteiger partial charge in [-0.15, -0.1) is 0 Å². The summed E-state index contributed by atoms with van der Waals surface area (Å²) in [6, 6.07) is 15.9.